The van der Waals surface area contributed by atoms with E-state index in [0.29, 0.717) is 0 Å². The van der Waals surface area contributed by atoms with Crippen molar-refractivity contribution in [1.82, 2.24) is 0 Å². The molecule has 6 heteroatoms. The van der Waals surface area contributed by atoms with Crippen molar-refractivity contribution in [2.75, 3.05) is 0 Å². The fourth-order valence-electron chi connectivity index (χ4n) is 0.709. The van der Waals surface area contributed by atoms with Gasteiger partial charge in [0.2, 0.25) is 0 Å². The third-order valence-electron chi connectivity index (χ3n) is 2.12. The van der Waals surface area contributed by atoms with Crippen LogP contribution in [-0.2, 0) is 14.4 Å². The predicted molar refractivity (Wildman–Crippen MR) is 40.2 cm³/mol. The minimum Gasteiger partial charge on any atom is -0.481 e. The third-order valence-corrected chi connectivity index (χ3v) is 2.12. The number of rotatable bonds is 4. The van der Waals surface area contributed by atoms with Gasteiger partial charge in [-0.1, -0.05) is 6.92 Å². The highest BCUT2D eigenvalue weighted by Crippen LogP contribution is 2.28. The highest BCUT2D eigenvalue weighted by molar-refractivity contribution is 6.01. The SMILES string of the molecule is CC(C(=O)O)C(C)(C(=O)O)C(=O)O. The van der Waals surface area contributed by atoms with Crippen LogP contribution in [0.1, 0.15) is 13.8 Å². The van der Waals surface area contributed by atoms with Crippen molar-refractivity contribution in [3.05, 3.63) is 0 Å². The minimum atomic E-state index is -2.29. The Balaban J connectivity index is 5.13. The summed E-state index contributed by atoms with van der Waals surface area (Å²) in [5.74, 6) is -6.25. The lowest BCUT2D eigenvalue weighted by atomic mass is 9.78. The van der Waals surface area contributed by atoms with E-state index in [-0.39, 0.29) is 0 Å². The molecule has 0 bridgehead atoms. The van der Waals surface area contributed by atoms with Gasteiger partial charge in [-0.05, 0) is 6.92 Å². The average molecular weight is 190 g/mol. The monoisotopic (exact) mass is 190 g/mol. The smallest absolute Gasteiger partial charge is 0.321 e. The minimum absolute atomic E-state index is 0.871. The Hall–Kier alpha value is -1.59. The van der Waals surface area contributed by atoms with Crippen LogP contribution in [0.3, 0.4) is 0 Å². The molecule has 0 aliphatic rings. The van der Waals surface area contributed by atoms with E-state index in [4.69, 9.17) is 15.3 Å². The second kappa shape index (κ2) is 3.42. The normalized spacial score (nSPS) is 13.4. The fourth-order valence-corrected chi connectivity index (χ4v) is 0.709. The first-order chi connectivity index (χ1) is 5.74. The van der Waals surface area contributed by atoms with Gasteiger partial charge in [0.1, 0.15) is 0 Å². The average Bonchev–Trinajstić information content (AvgIpc) is 2.00. The molecule has 1 atom stereocenters. The van der Waals surface area contributed by atoms with Crippen molar-refractivity contribution in [1.29, 1.82) is 0 Å². The van der Waals surface area contributed by atoms with E-state index in [0.717, 1.165) is 13.8 Å². The van der Waals surface area contributed by atoms with Gasteiger partial charge in [0.15, 0.2) is 5.41 Å². The summed E-state index contributed by atoms with van der Waals surface area (Å²) in [6, 6.07) is 0. The lowest BCUT2D eigenvalue weighted by molar-refractivity contribution is -0.173. The zero-order chi connectivity index (χ0) is 10.8. The first-order valence-electron chi connectivity index (χ1n) is 3.44. The lowest BCUT2D eigenvalue weighted by Gasteiger charge is -2.23. The molecule has 0 rings (SSSR count). The highest BCUT2D eigenvalue weighted by atomic mass is 16.4. The first kappa shape index (κ1) is 11.4. The molecule has 0 aromatic carbocycles. The number of carbonyl (C=O) groups is 3. The summed E-state index contributed by atoms with van der Waals surface area (Å²) in [6.45, 7) is 1.92. The quantitative estimate of drug-likeness (QED) is 0.533. The molecule has 0 saturated carbocycles. The van der Waals surface area contributed by atoms with Gasteiger partial charge in [0.05, 0.1) is 5.92 Å². The van der Waals surface area contributed by atoms with Gasteiger partial charge in [0.25, 0.3) is 0 Å². The van der Waals surface area contributed by atoms with Crippen molar-refractivity contribution in [3.8, 4) is 0 Å². The molecule has 3 N–H and O–H groups in total. The van der Waals surface area contributed by atoms with Crippen LogP contribution in [0.5, 0.6) is 0 Å². The Morgan fingerprint density at radius 2 is 1.38 bits per heavy atom. The molecule has 0 aromatic rings. The number of carboxylic acid groups (broad SMARTS) is 3. The van der Waals surface area contributed by atoms with Crippen molar-refractivity contribution in [2.45, 2.75) is 13.8 Å². The predicted octanol–water partition coefficient (Wildman–Crippen LogP) is -0.117. The maximum absolute atomic E-state index is 10.6. The van der Waals surface area contributed by atoms with Crippen LogP contribution >= 0.6 is 0 Å². The largest absolute Gasteiger partial charge is 0.481 e. The maximum Gasteiger partial charge on any atom is 0.321 e. The number of hydrogen-bond donors (Lipinski definition) is 3. The van der Waals surface area contributed by atoms with Gasteiger partial charge < -0.3 is 15.3 Å². The maximum atomic E-state index is 10.6. The molecule has 0 spiro atoms. The zero-order valence-corrected chi connectivity index (χ0v) is 7.14. The number of hydrogen-bond acceptors (Lipinski definition) is 3. The molecule has 0 amide bonds. The van der Waals surface area contributed by atoms with Crippen molar-refractivity contribution >= 4 is 17.9 Å². The molecule has 74 valence electrons. The van der Waals surface area contributed by atoms with Crippen LogP contribution in [0, 0.1) is 11.3 Å². The molecule has 0 aliphatic carbocycles. The second-order valence-electron chi connectivity index (χ2n) is 2.87. The van der Waals surface area contributed by atoms with E-state index in [1.54, 1.807) is 0 Å². The van der Waals surface area contributed by atoms with Crippen molar-refractivity contribution in [3.63, 3.8) is 0 Å². The van der Waals surface area contributed by atoms with Gasteiger partial charge >= 0.3 is 17.9 Å². The molecule has 0 heterocycles. The van der Waals surface area contributed by atoms with E-state index in [1.807, 2.05) is 0 Å². The zero-order valence-electron chi connectivity index (χ0n) is 7.14. The van der Waals surface area contributed by atoms with Crippen LogP contribution in [0.25, 0.3) is 0 Å². The van der Waals surface area contributed by atoms with Crippen LogP contribution in [-0.4, -0.2) is 33.2 Å². The molecule has 0 aromatic heterocycles. The highest BCUT2D eigenvalue weighted by Gasteiger charge is 2.50. The molecule has 0 saturated heterocycles. The number of carboxylic acids is 3. The summed E-state index contributed by atoms with van der Waals surface area (Å²) < 4.78 is 0. The topological polar surface area (TPSA) is 112 Å². The lowest BCUT2D eigenvalue weighted by Crippen LogP contribution is -2.45. The van der Waals surface area contributed by atoms with Crippen LogP contribution in [0.15, 0.2) is 0 Å². The Bertz CT molecular complexity index is 242. The Labute approximate surface area is 73.8 Å². The molecule has 1 unspecified atom stereocenters. The van der Waals surface area contributed by atoms with Gasteiger partial charge in [-0.25, -0.2) is 0 Å². The summed E-state index contributed by atoms with van der Waals surface area (Å²) in [6.07, 6.45) is 0. The van der Waals surface area contributed by atoms with E-state index in [2.05, 4.69) is 0 Å². The van der Waals surface area contributed by atoms with Gasteiger partial charge in [-0.3, -0.25) is 14.4 Å². The first-order valence-corrected chi connectivity index (χ1v) is 3.44. The molecule has 0 radical (unpaired) electrons. The van der Waals surface area contributed by atoms with Gasteiger partial charge in [-0.15, -0.1) is 0 Å². The van der Waals surface area contributed by atoms with E-state index < -0.39 is 29.2 Å². The summed E-state index contributed by atoms with van der Waals surface area (Å²) >= 11 is 0. The van der Waals surface area contributed by atoms with Crippen LogP contribution in [0.4, 0.5) is 0 Å². The van der Waals surface area contributed by atoms with Crippen LogP contribution in [0.2, 0.25) is 0 Å². The molecular weight excluding hydrogens is 180 g/mol. The van der Waals surface area contributed by atoms with E-state index in [1.165, 1.54) is 0 Å². The standard InChI is InChI=1S/C7H10O6/c1-3(4(8)9)7(2,5(10)11)6(12)13/h3H,1-2H3,(H,8,9)(H,10,11)(H,12,13). The third kappa shape index (κ3) is 1.77. The Morgan fingerprint density at radius 1 is 1.08 bits per heavy atom. The van der Waals surface area contributed by atoms with E-state index >= 15 is 0 Å². The van der Waals surface area contributed by atoms with Gasteiger partial charge in [-0.2, -0.15) is 0 Å². The van der Waals surface area contributed by atoms with Crippen molar-refractivity contribution in [2.24, 2.45) is 11.3 Å². The molecular formula is C7H10O6. The number of aliphatic carboxylic acids is 3. The summed E-state index contributed by atoms with van der Waals surface area (Å²) in [7, 11) is 0. The molecule has 6 nitrogen and oxygen atoms in total. The molecule has 0 aliphatic heterocycles. The van der Waals surface area contributed by atoms with Crippen molar-refractivity contribution < 1.29 is 29.7 Å². The van der Waals surface area contributed by atoms with E-state index in [9.17, 15) is 14.4 Å². The Morgan fingerprint density at radius 3 is 1.46 bits per heavy atom. The fraction of sp³-hybridized carbons (Fsp3) is 0.571. The van der Waals surface area contributed by atoms with Crippen LogP contribution < -0.4 is 0 Å². The Kier molecular flexibility index (Phi) is 3.00. The second-order valence-corrected chi connectivity index (χ2v) is 2.87. The molecule has 0 fully saturated rings. The summed E-state index contributed by atoms with van der Waals surface area (Å²) in [5.41, 5.74) is -2.29. The van der Waals surface area contributed by atoms with Gasteiger partial charge in [0, 0.05) is 0 Å². The molecule has 13 heavy (non-hydrogen) atoms. The summed E-state index contributed by atoms with van der Waals surface area (Å²) in [4.78, 5) is 31.6. The summed E-state index contributed by atoms with van der Waals surface area (Å²) in [5, 5.41) is 25.6.